The highest BCUT2D eigenvalue weighted by atomic mass is 32.2. The van der Waals surface area contributed by atoms with Crippen molar-refractivity contribution in [1.82, 2.24) is 10.2 Å². The molecule has 0 unspecified atom stereocenters. The zero-order valence-corrected chi connectivity index (χ0v) is 23.4. The molecule has 208 valence electrons. The minimum atomic E-state index is -4.25. The van der Waals surface area contributed by atoms with Crippen molar-refractivity contribution >= 4 is 27.5 Å². The Morgan fingerprint density at radius 2 is 1.38 bits per heavy atom. The number of benzene rings is 3. The zero-order chi connectivity index (χ0) is 29.0. The lowest BCUT2D eigenvalue weighted by Gasteiger charge is -2.33. The molecular weight excluding hydrogens is 524 g/mol. The van der Waals surface area contributed by atoms with Crippen molar-refractivity contribution in [1.29, 1.82) is 0 Å². The van der Waals surface area contributed by atoms with Crippen LogP contribution in [0.2, 0.25) is 0 Å². The third-order valence-corrected chi connectivity index (χ3v) is 7.72. The van der Waals surface area contributed by atoms with E-state index in [1.807, 2.05) is 6.92 Å². The van der Waals surface area contributed by atoms with Gasteiger partial charge in [-0.15, -0.1) is 0 Å². The quantitative estimate of drug-likeness (QED) is 0.410. The normalized spacial score (nSPS) is 12.5. The number of nitrogens with one attached hydrogen (secondary N) is 1. The van der Waals surface area contributed by atoms with E-state index in [2.05, 4.69) is 5.32 Å². The second kappa shape index (κ2) is 11.9. The second-order valence-electron chi connectivity index (χ2n) is 10.4. The third kappa shape index (κ3) is 7.86. The van der Waals surface area contributed by atoms with Crippen LogP contribution >= 0.6 is 0 Å². The molecule has 0 saturated heterocycles. The van der Waals surface area contributed by atoms with Crippen LogP contribution in [-0.4, -0.2) is 43.3 Å². The summed E-state index contributed by atoms with van der Waals surface area (Å²) < 4.78 is 55.5. The van der Waals surface area contributed by atoms with Crippen LogP contribution in [0.25, 0.3) is 0 Å². The summed E-state index contributed by atoms with van der Waals surface area (Å²) in [4.78, 5) is 28.1. The predicted molar refractivity (Wildman–Crippen MR) is 146 cm³/mol. The molecule has 3 rings (SSSR count). The van der Waals surface area contributed by atoms with E-state index in [4.69, 9.17) is 0 Å². The van der Waals surface area contributed by atoms with E-state index in [-0.39, 0.29) is 17.1 Å². The molecule has 0 fully saturated rings. The average Bonchev–Trinajstić information content (AvgIpc) is 2.86. The van der Waals surface area contributed by atoms with Crippen molar-refractivity contribution in [3.63, 3.8) is 0 Å². The molecular formula is C29H33F2N3O4S. The lowest BCUT2D eigenvalue weighted by molar-refractivity contribution is -0.140. The molecule has 1 N–H and O–H groups in total. The highest BCUT2D eigenvalue weighted by Crippen LogP contribution is 2.25. The van der Waals surface area contributed by atoms with Crippen LogP contribution in [0.1, 0.15) is 38.8 Å². The van der Waals surface area contributed by atoms with Gasteiger partial charge < -0.3 is 10.2 Å². The van der Waals surface area contributed by atoms with Gasteiger partial charge in [0.1, 0.15) is 24.2 Å². The summed E-state index contributed by atoms with van der Waals surface area (Å²) in [6.45, 7) is 8.03. The fourth-order valence-corrected chi connectivity index (χ4v) is 5.23. The molecule has 0 aliphatic carbocycles. The summed E-state index contributed by atoms with van der Waals surface area (Å²) in [7, 11) is -4.25. The second-order valence-corrected chi connectivity index (χ2v) is 12.2. The molecule has 0 radical (unpaired) electrons. The minimum Gasteiger partial charge on any atom is -0.350 e. The SMILES string of the molecule is Cc1ccc(S(=O)(=O)N(CC(=O)N(Cc2ccc(F)cc2)[C@@H](C)C(=O)NC(C)(C)C)c2ccc(F)cc2)cc1. The number of nitrogens with zero attached hydrogens (tertiary/aromatic N) is 2. The van der Waals surface area contributed by atoms with Gasteiger partial charge in [0, 0.05) is 12.1 Å². The first-order valence-corrected chi connectivity index (χ1v) is 13.8. The van der Waals surface area contributed by atoms with E-state index in [0.717, 1.165) is 22.0 Å². The van der Waals surface area contributed by atoms with Crippen molar-refractivity contribution < 1.29 is 26.8 Å². The van der Waals surface area contributed by atoms with Crippen molar-refractivity contribution in [2.45, 2.75) is 57.6 Å². The first kappa shape index (κ1) is 29.8. The molecule has 10 heteroatoms. The smallest absolute Gasteiger partial charge is 0.264 e. The van der Waals surface area contributed by atoms with Gasteiger partial charge in [0.2, 0.25) is 11.8 Å². The number of anilines is 1. The Morgan fingerprint density at radius 3 is 1.90 bits per heavy atom. The van der Waals surface area contributed by atoms with E-state index < -0.39 is 51.6 Å². The maximum absolute atomic E-state index is 13.8. The van der Waals surface area contributed by atoms with Crippen LogP contribution in [0.3, 0.4) is 0 Å². The maximum Gasteiger partial charge on any atom is 0.264 e. The number of rotatable bonds is 9. The standard InChI is InChI=1S/C29H33F2N3O4S/c1-20-6-16-26(17-7-20)39(37,38)34(25-14-12-24(31)13-15-25)19-27(35)33(18-22-8-10-23(30)11-9-22)21(2)28(36)32-29(3,4)5/h6-17,21H,18-19H2,1-5H3,(H,32,36)/t21-/m0/s1. The van der Waals surface area contributed by atoms with Crippen LogP contribution in [0.5, 0.6) is 0 Å². The van der Waals surface area contributed by atoms with Gasteiger partial charge in [0.25, 0.3) is 10.0 Å². The van der Waals surface area contributed by atoms with Crippen LogP contribution in [0.4, 0.5) is 14.5 Å². The number of hydrogen-bond acceptors (Lipinski definition) is 4. The molecule has 0 aromatic heterocycles. The van der Waals surface area contributed by atoms with E-state index >= 15 is 0 Å². The summed E-state index contributed by atoms with van der Waals surface area (Å²) in [6, 6.07) is 15.4. The summed E-state index contributed by atoms with van der Waals surface area (Å²) in [5.41, 5.74) is 0.904. The molecule has 3 aromatic rings. The fraction of sp³-hybridized carbons (Fsp3) is 0.310. The van der Waals surface area contributed by atoms with Gasteiger partial charge in [-0.2, -0.15) is 0 Å². The van der Waals surface area contributed by atoms with Crippen molar-refractivity contribution in [2.24, 2.45) is 0 Å². The summed E-state index contributed by atoms with van der Waals surface area (Å²) in [5.74, 6) is -2.13. The van der Waals surface area contributed by atoms with Crippen LogP contribution in [0.15, 0.2) is 77.7 Å². The van der Waals surface area contributed by atoms with Crippen LogP contribution in [0, 0.1) is 18.6 Å². The van der Waals surface area contributed by atoms with E-state index in [9.17, 15) is 26.8 Å². The topological polar surface area (TPSA) is 86.8 Å². The molecule has 0 spiro atoms. The Bertz CT molecular complexity index is 1400. The number of carbonyl (C=O) groups is 2. The van der Waals surface area contributed by atoms with Gasteiger partial charge in [-0.05, 0) is 88.7 Å². The van der Waals surface area contributed by atoms with Gasteiger partial charge >= 0.3 is 0 Å². The molecule has 2 amide bonds. The Hall–Kier alpha value is -3.79. The molecule has 0 bridgehead atoms. The van der Waals surface area contributed by atoms with Gasteiger partial charge in [-0.1, -0.05) is 29.8 Å². The predicted octanol–water partition coefficient (Wildman–Crippen LogP) is 4.80. The first-order chi connectivity index (χ1) is 18.2. The molecule has 7 nitrogen and oxygen atoms in total. The van der Waals surface area contributed by atoms with Crippen LogP contribution in [-0.2, 0) is 26.2 Å². The summed E-state index contributed by atoms with van der Waals surface area (Å²) in [5, 5.41) is 2.84. The van der Waals surface area contributed by atoms with Crippen LogP contribution < -0.4 is 9.62 Å². The lowest BCUT2D eigenvalue weighted by atomic mass is 10.1. The Balaban J connectivity index is 2.02. The van der Waals surface area contributed by atoms with Gasteiger partial charge in [0.15, 0.2) is 0 Å². The molecule has 0 aliphatic rings. The van der Waals surface area contributed by atoms with Crippen molar-refractivity contribution in [2.75, 3.05) is 10.8 Å². The number of halogens is 2. The number of amides is 2. The van der Waals surface area contributed by atoms with Crippen molar-refractivity contribution in [3.05, 3.63) is 95.6 Å². The van der Waals surface area contributed by atoms with E-state index in [1.54, 1.807) is 39.8 Å². The maximum atomic E-state index is 13.8. The highest BCUT2D eigenvalue weighted by Gasteiger charge is 2.33. The summed E-state index contributed by atoms with van der Waals surface area (Å²) in [6.07, 6.45) is 0. The largest absolute Gasteiger partial charge is 0.350 e. The number of carbonyl (C=O) groups excluding carboxylic acids is 2. The van der Waals surface area contributed by atoms with Crippen molar-refractivity contribution in [3.8, 4) is 0 Å². The molecule has 0 heterocycles. The summed E-state index contributed by atoms with van der Waals surface area (Å²) >= 11 is 0. The van der Waals surface area contributed by atoms with E-state index in [0.29, 0.717) is 5.56 Å². The Morgan fingerprint density at radius 1 is 0.872 bits per heavy atom. The number of sulfonamides is 1. The Labute approximate surface area is 228 Å². The fourth-order valence-electron chi connectivity index (χ4n) is 3.82. The third-order valence-electron chi connectivity index (χ3n) is 5.93. The minimum absolute atomic E-state index is 0.0474. The van der Waals surface area contributed by atoms with Gasteiger partial charge in [-0.25, -0.2) is 17.2 Å². The first-order valence-electron chi connectivity index (χ1n) is 12.4. The molecule has 0 saturated carbocycles. The van der Waals surface area contributed by atoms with Gasteiger partial charge in [-0.3, -0.25) is 13.9 Å². The van der Waals surface area contributed by atoms with E-state index in [1.165, 1.54) is 53.4 Å². The molecule has 1 atom stereocenters. The lowest BCUT2D eigenvalue weighted by Crippen LogP contribution is -2.54. The zero-order valence-electron chi connectivity index (χ0n) is 22.6. The number of hydrogen-bond donors (Lipinski definition) is 1. The molecule has 39 heavy (non-hydrogen) atoms. The van der Waals surface area contributed by atoms with Gasteiger partial charge in [0.05, 0.1) is 10.6 Å². The Kier molecular flexibility index (Phi) is 9.11. The molecule has 0 aliphatic heterocycles. The number of aryl methyl sites for hydroxylation is 1. The average molecular weight is 558 g/mol. The molecule has 3 aromatic carbocycles. The highest BCUT2D eigenvalue weighted by molar-refractivity contribution is 7.92. The monoisotopic (exact) mass is 557 g/mol.